The molecule has 0 aliphatic carbocycles. The normalized spacial score (nSPS) is 13.1. The summed E-state index contributed by atoms with van der Waals surface area (Å²) >= 11 is 2.53. The van der Waals surface area contributed by atoms with Gasteiger partial charge in [-0.05, 0) is 38.5 Å². The number of nitrogens with one attached hydrogen (secondary N) is 1. The number of carboxylic acid groups (broad SMARTS) is 1. The third kappa shape index (κ3) is 8.72. The quantitative estimate of drug-likeness (QED) is 0.450. The SMILES string of the molecule is CC(CSC(=O)c1ccccc1)C(=O)N[C@H](CSCc1ccc(N(C)C(C)(C)C)cc1)C(=O)O. The van der Waals surface area contributed by atoms with Gasteiger partial charge >= 0.3 is 5.97 Å². The van der Waals surface area contributed by atoms with E-state index in [9.17, 15) is 19.5 Å². The summed E-state index contributed by atoms with van der Waals surface area (Å²) in [6.45, 7) is 8.15. The highest BCUT2D eigenvalue weighted by Crippen LogP contribution is 2.23. The van der Waals surface area contributed by atoms with E-state index in [0.29, 0.717) is 11.3 Å². The van der Waals surface area contributed by atoms with Gasteiger partial charge in [0.15, 0.2) is 0 Å². The third-order valence-electron chi connectivity index (χ3n) is 5.42. The van der Waals surface area contributed by atoms with Crippen LogP contribution in [0.2, 0.25) is 0 Å². The first-order chi connectivity index (χ1) is 16.0. The number of rotatable bonds is 11. The van der Waals surface area contributed by atoms with Gasteiger partial charge in [0.05, 0.1) is 0 Å². The zero-order valence-corrected chi connectivity index (χ0v) is 22.0. The van der Waals surface area contributed by atoms with Gasteiger partial charge in [-0.15, -0.1) is 0 Å². The predicted molar refractivity (Wildman–Crippen MR) is 143 cm³/mol. The molecule has 2 aromatic rings. The molecule has 0 radical (unpaired) electrons. The summed E-state index contributed by atoms with van der Waals surface area (Å²) in [5.41, 5.74) is 2.82. The maximum absolute atomic E-state index is 12.5. The molecule has 0 aliphatic heterocycles. The van der Waals surface area contributed by atoms with E-state index < -0.39 is 17.9 Å². The van der Waals surface area contributed by atoms with Crippen LogP contribution >= 0.6 is 23.5 Å². The maximum Gasteiger partial charge on any atom is 0.327 e. The molecule has 8 heteroatoms. The molecule has 0 aromatic heterocycles. The lowest BCUT2D eigenvalue weighted by Gasteiger charge is -2.34. The van der Waals surface area contributed by atoms with E-state index in [4.69, 9.17) is 0 Å². The minimum absolute atomic E-state index is 0.0215. The molecule has 34 heavy (non-hydrogen) atoms. The number of hydrogen-bond acceptors (Lipinski definition) is 6. The number of nitrogens with zero attached hydrogens (tertiary/aromatic N) is 1. The van der Waals surface area contributed by atoms with Crippen molar-refractivity contribution >= 4 is 46.2 Å². The number of carbonyl (C=O) groups is 3. The molecule has 6 nitrogen and oxygen atoms in total. The number of amides is 1. The van der Waals surface area contributed by atoms with Crippen molar-refractivity contribution in [1.29, 1.82) is 0 Å². The van der Waals surface area contributed by atoms with Crippen LogP contribution in [-0.2, 0) is 15.3 Å². The highest BCUT2D eigenvalue weighted by molar-refractivity contribution is 8.14. The molecule has 0 saturated carbocycles. The fourth-order valence-electron chi connectivity index (χ4n) is 2.92. The lowest BCUT2D eigenvalue weighted by atomic mass is 10.1. The van der Waals surface area contributed by atoms with E-state index in [1.54, 1.807) is 31.2 Å². The first-order valence-corrected chi connectivity index (χ1v) is 13.3. The van der Waals surface area contributed by atoms with E-state index in [0.717, 1.165) is 23.0 Å². The Balaban J connectivity index is 1.81. The predicted octanol–water partition coefficient (Wildman–Crippen LogP) is 4.93. The van der Waals surface area contributed by atoms with Crippen LogP contribution in [0.4, 0.5) is 5.69 Å². The van der Waals surface area contributed by atoms with E-state index in [2.05, 4.69) is 50.2 Å². The van der Waals surface area contributed by atoms with Crippen molar-refractivity contribution in [2.45, 2.75) is 45.0 Å². The van der Waals surface area contributed by atoms with Gasteiger partial charge < -0.3 is 15.3 Å². The first kappa shape index (κ1) is 27.8. The number of carboxylic acids is 1. The van der Waals surface area contributed by atoms with Crippen molar-refractivity contribution < 1.29 is 19.5 Å². The van der Waals surface area contributed by atoms with E-state index in [1.807, 2.05) is 18.2 Å². The van der Waals surface area contributed by atoms with Gasteiger partial charge in [-0.25, -0.2) is 4.79 Å². The fourth-order valence-corrected chi connectivity index (χ4v) is 4.78. The van der Waals surface area contributed by atoms with Gasteiger partial charge in [0.1, 0.15) is 6.04 Å². The Hall–Kier alpha value is -2.45. The molecule has 0 heterocycles. The fraction of sp³-hybridized carbons (Fsp3) is 0.423. The molecule has 2 aromatic carbocycles. The Labute approximate surface area is 210 Å². The highest BCUT2D eigenvalue weighted by Gasteiger charge is 2.24. The molecule has 1 unspecified atom stereocenters. The molecule has 184 valence electrons. The van der Waals surface area contributed by atoms with Crippen molar-refractivity contribution in [3.63, 3.8) is 0 Å². The summed E-state index contributed by atoms with van der Waals surface area (Å²) in [5.74, 6) is -0.728. The second-order valence-corrected chi connectivity index (χ2v) is 11.2. The van der Waals surface area contributed by atoms with Crippen LogP contribution in [0.1, 0.15) is 43.6 Å². The number of anilines is 1. The van der Waals surface area contributed by atoms with E-state index in [1.165, 1.54) is 11.8 Å². The Morgan fingerprint density at radius 1 is 1.00 bits per heavy atom. The van der Waals surface area contributed by atoms with Crippen LogP contribution in [0.5, 0.6) is 0 Å². The molecule has 2 rings (SSSR count). The molecule has 2 atom stereocenters. The standard InChI is InChI=1S/C26H34N2O4S2/c1-18(15-34-25(32)20-9-7-6-8-10-20)23(29)27-22(24(30)31)17-33-16-19-11-13-21(14-12-19)28(5)26(2,3)4/h6-14,18,22H,15-17H2,1-5H3,(H,27,29)(H,30,31)/t18?,22-/m1/s1. The molecule has 0 fully saturated rings. The van der Waals surface area contributed by atoms with Crippen LogP contribution in [0.15, 0.2) is 54.6 Å². The number of thioether (sulfide) groups is 2. The van der Waals surface area contributed by atoms with Crippen molar-refractivity contribution in [1.82, 2.24) is 5.32 Å². The molecule has 0 aliphatic rings. The summed E-state index contributed by atoms with van der Waals surface area (Å²) in [5, 5.41) is 12.1. The van der Waals surface area contributed by atoms with Crippen LogP contribution in [0.3, 0.4) is 0 Å². The van der Waals surface area contributed by atoms with Crippen LogP contribution in [0.25, 0.3) is 0 Å². The highest BCUT2D eigenvalue weighted by atomic mass is 32.2. The zero-order valence-electron chi connectivity index (χ0n) is 20.4. The summed E-state index contributed by atoms with van der Waals surface area (Å²) in [6, 6.07) is 16.1. The van der Waals surface area contributed by atoms with E-state index >= 15 is 0 Å². The van der Waals surface area contributed by atoms with Gasteiger partial charge in [0.2, 0.25) is 11.0 Å². The van der Waals surface area contributed by atoms with Crippen molar-refractivity contribution in [3.05, 3.63) is 65.7 Å². The molecular formula is C26H34N2O4S2. The largest absolute Gasteiger partial charge is 0.480 e. The smallest absolute Gasteiger partial charge is 0.327 e. The zero-order chi connectivity index (χ0) is 25.3. The van der Waals surface area contributed by atoms with Gasteiger partial charge in [-0.3, -0.25) is 9.59 Å². The van der Waals surface area contributed by atoms with Gasteiger partial charge in [0.25, 0.3) is 0 Å². The maximum atomic E-state index is 12.5. The summed E-state index contributed by atoms with van der Waals surface area (Å²) < 4.78 is 0. The van der Waals surface area contributed by atoms with Crippen LogP contribution in [0, 0.1) is 5.92 Å². The third-order valence-corrected chi connectivity index (χ3v) is 7.69. The Kier molecular flexibility index (Phi) is 10.5. The van der Waals surface area contributed by atoms with Gasteiger partial charge in [-0.1, -0.05) is 61.2 Å². The summed E-state index contributed by atoms with van der Waals surface area (Å²) in [6.07, 6.45) is 0. The minimum Gasteiger partial charge on any atom is -0.480 e. The topological polar surface area (TPSA) is 86.7 Å². The first-order valence-electron chi connectivity index (χ1n) is 11.1. The molecular weight excluding hydrogens is 468 g/mol. The molecule has 0 saturated heterocycles. The second-order valence-electron chi connectivity index (χ2n) is 9.18. The van der Waals surface area contributed by atoms with Crippen molar-refractivity contribution in [3.8, 4) is 0 Å². The Morgan fingerprint density at radius 3 is 2.18 bits per heavy atom. The number of carbonyl (C=O) groups excluding carboxylic acids is 2. The average Bonchev–Trinajstić information content (AvgIpc) is 2.81. The van der Waals surface area contributed by atoms with Crippen LogP contribution < -0.4 is 10.2 Å². The van der Waals surface area contributed by atoms with Gasteiger partial charge in [0, 0.05) is 47.0 Å². The number of hydrogen-bond donors (Lipinski definition) is 2. The molecule has 0 spiro atoms. The van der Waals surface area contributed by atoms with Crippen molar-refractivity contribution in [2.75, 3.05) is 23.5 Å². The summed E-state index contributed by atoms with van der Waals surface area (Å²) in [7, 11) is 2.06. The number of benzene rings is 2. The summed E-state index contributed by atoms with van der Waals surface area (Å²) in [4.78, 5) is 38.6. The lowest BCUT2D eigenvalue weighted by molar-refractivity contribution is -0.141. The average molecular weight is 503 g/mol. The monoisotopic (exact) mass is 502 g/mol. The molecule has 0 bridgehead atoms. The van der Waals surface area contributed by atoms with Gasteiger partial charge in [-0.2, -0.15) is 11.8 Å². The lowest BCUT2D eigenvalue weighted by Crippen LogP contribution is -2.45. The number of aliphatic carboxylic acids is 1. The van der Waals surface area contributed by atoms with E-state index in [-0.39, 0.29) is 28.1 Å². The Morgan fingerprint density at radius 2 is 1.62 bits per heavy atom. The van der Waals surface area contributed by atoms with Crippen LogP contribution in [-0.4, -0.2) is 52.2 Å². The van der Waals surface area contributed by atoms with Crippen molar-refractivity contribution in [2.24, 2.45) is 5.92 Å². The second kappa shape index (κ2) is 12.9. The molecule has 2 N–H and O–H groups in total. The Bertz CT molecular complexity index is 959. The molecule has 1 amide bonds. The minimum atomic E-state index is -1.07.